The first-order valence-electron chi connectivity index (χ1n) is 8.73. The molecule has 0 spiro atoms. The van der Waals surface area contributed by atoms with Crippen LogP contribution in [0.2, 0.25) is 0 Å². The number of pyridine rings is 1. The summed E-state index contributed by atoms with van der Waals surface area (Å²) in [6, 6.07) is 10.2. The smallest absolute Gasteiger partial charge is 0.274 e. The van der Waals surface area contributed by atoms with Crippen molar-refractivity contribution < 1.29 is 4.79 Å². The maximum Gasteiger partial charge on any atom is 0.274 e. The SMILES string of the molecule is CCc1cccc(CC)c1NC(=O)c1ccc(NC(C)CC)cn1. The molecular weight excluding hydrogens is 298 g/mol. The van der Waals surface area contributed by atoms with E-state index in [0.29, 0.717) is 11.7 Å². The molecule has 0 aliphatic rings. The second kappa shape index (κ2) is 8.48. The van der Waals surface area contributed by atoms with Crippen LogP contribution < -0.4 is 10.6 Å². The van der Waals surface area contributed by atoms with Gasteiger partial charge in [0.15, 0.2) is 0 Å². The van der Waals surface area contributed by atoms with Crippen LogP contribution in [0.25, 0.3) is 0 Å². The first kappa shape index (κ1) is 18.0. The number of benzene rings is 1. The standard InChI is InChI=1S/C20H27N3O/c1-5-14(4)22-17-11-12-18(21-13-17)20(24)23-19-15(6-2)9-8-10-16(19)7-3/h8-14,22H,5-7H2,1-4H3,(H,23,24). The first-order chi connectivity index (χ1) is 11.6. The molecule has 24 heavy (non-hydrogen) atoms. The molecular formula is C20H27N3O. The Morgan fingerprint density at radius 2 is 1.75 bits per heavy atom. The number of para-hydroxylation sites is 1. The lowest BCUT2D eigenvalue weighted by molar-refractivity contribution is 0.102. The van der Waals surface area contributed by atoms with Gasteiger partial charge in [-0.15, -0.1) is 0 Å². The largest absolute Gasteiger partial charge is 0.381 e. The summed E-state index contributed by atoms with van der Waals surface area (Å²) in [5.74, 6) is -0.166. The van der Waals surface area contributed by atoms with Gasteiger partial charge in [-0.25, -0.2) is 4.98 Å². The van der Waals surface area contributed by atoms with Gasteiger partial charge in [0.05, 0.1) is 11.9 Å². The summed E-state index contributed by atoms with van der Waals surface area (Å²) in [5, 5.41) is 6.40. The van der Waals surface area contributed by atoms with Crippen molar-refractivity contribution in [2.75, 3.05) is 10.6 Å². The zero-order valence-electron chi connectivity index (χ0n) is 15.0. The van der Waals surface area contributed by atoms with E-state index in [4.69, 9.17) is 0 Å². The highest BCUT2D eigenvalue weighted by molar-refractivity contribution is 6.03. The predicted molar refractivity (Wildman–Crippen MR) is 101 cm³/mol. The van der Waals surface area contributed by atoms with Gasteiger partial charge in [0.2, 0.25) is 0 Å². The third kappa shape index (κ3) is 4.34. The van der Waals surface area contributed by atoms with Gasteiger partial charge >= 0.3 is 0 Å². The molecule has 1 atom stereocenters. The number of carbonyl (C=O) groups excluding carboxylic acids is 1. The third-order valence-corrected chi connectivity index (χ3v) is 4.26. The van der Waals surface area contributed by atoms with Crippen molar-refractivity contribution in [3.8, 4) is 0 Å². The van der Waals surface area contributed by atoms with E-state index in [1.807, 2.05) is 12.1 Å². The van der Waals surface area contributed by atoms with Crippen LogP contribution in [-0.4, -0.2) is 16.9 Å². The molecule has 0 aliphatic carbocycles. The van der Waals surface area contributed by atoms with Crippen LogP contribution in [0.5, 0.6) is 0 Å². The summed E-state index contributed by atoms with van der Waals surface area (Å²) in [6.45, 7) is 8.44. The molecule has 0 fully saturated rings. The summed E-state index contributed by atoms with van der Waals surface area (Å²) >= 11 is 0. The highest BCUT2D eigenvalue weighted by Gasteiger charge is 2.13. The summed E-state index contributed by atoms with van der Waals surface area (Å²) in [7, 11) is 0. The Balaban J connectivity index is 2.16. The Bertz CT molecular complexity index is 658. The van der Waals surface area contributed by atoms with Gasteiger partial charge < -0.3 is 10.6 Å². The van der Waals surface area contributed by atoms with E-state index in [0.717, 1.165) is 41.8 Å². The summed E-state index contributed by atoms with van der Waals surface area (Å²) in [6.07, 6.45) is 4.52. The fourth-order valence-corrected chi connectivity index (χ4v) is 2.58. The van der Waals surface area contributed by atoms with Crippen molar-refractivity contribution in [1.82, 2.24) is 4.98 Å². The zero-order valence-corrected chi connectivity index (χ0v) is 15.0. The number of anilines is 2. The lowest BCUT2D eigenvalue weighted by Crippen LogP contribution is -2.17. The number of nitrogens with one attached hydrogen (secondary N) is 2. The third-order valence-electron chi connectivity index (χ3n) is 4.26. The van der Waals surface area contributed by atoms with Crippen molar-refractivity contribution in [3.05, 3.63) is 53.3 Å². The van der Waals surface area contributed by atoms with Crippen LogP contribution in [0.4, 0.5) is 11.4 Å². The van der Waals surface area contributed by atoms with Crippen LogP contribution >= 0.6 is 0 Å². The van der Waals surface area contributed by atoms with Crippen LogP contribution in [-0.2, 0) is 12.8 Å². The number of rotatable bonds is 7. The minimum Gasteiger partial charge on any atom is -0.381 e. The molecule has 2 rings (SSSR count). The molecule has 0 saturated carbocycles. The Labute approximate surface area is 144 Å². The topological polar surface area (TPSA) is 54.0 Å². The highest BCUT2D eigenvalue weighted by Crippen LogP contribution is 2.23. The molecule has 2 N–H and O–H groups in total. The van der Waals surface area contributed by atoms with Crippen molar-refractivity contribution in [2.24, 2.45) is 0 Å². The van der Waals surface area contributed by atoms with Crippen molar-refractivity contribution in [1.29, 1.82) is 0 Å². The minimum absolute atomic E-state index is 0.166. The number of nitrogens with zero attached hydrogens (tertiary/aromatic N) is 1. The molecule has 0 saturated heterocycles. The second-order valence-corrected chi connectivity index (χ2v) is 6.00. The Morgan fingerprint density at radius 3 is 2.25 bits per heavy atom. The van der Waals surface area contributed by atoms with Gasteiger partial charge in [0, 0.05) is 11.7 Å². The number of aromatic nitrogens is 1. The Hall–Kier alpha value is -2.36. The maximum absolute atomic E-state index is 12.5. The van der Waals surface area contributed by atoms with Crippen molar-refractivity contribution in [2.45, 2.75) is 53.0 Å². The molecule has 4 heteroatoms. The number of hydrogen-bond acceptors (Lipinski definition) is 3. The van der Waals surface area contributed by atoms with Gasteiger partial charge in [0.1, 0.15) is 5.69 Å². The predicted octanol–water partition coefficient (Wildman–Crippen LogP) is 4.67. The zero-order chi connectivity index (χ0) is 17.5. The molecule has 128 valence electrons. The van der Waals surface area contributed by atoms with Gasteiger partial charge in [-0.1, -0.05) is 39.0 Å². The van der Waals surface area contributed by atoms with Gasteiger partial charge in [0.25, 0.3) is 5.91 Å². The molecule has 0 bridgehead atoms. The number of aryl methyl sites for hydroxylation is 2. The van der Waals surface area contributed by atoms with E-state index in [1.165, 1.54) is 0 Å². The van der Waals surface area contributed by atoms with E-state index in [-0.39, 0.29) is 5.91 Å². The summed E-state index contributed by atoms with van der Waals surface area (Å²) in [5.41, 5.74) is 4.59. The monoisotopic (exact) mass is 325 g/mol. The molecule has 1 heterocycles. The number of carbonyl (C=O) groups is 1. The maximum atomic E-state index is 12.5. The lowest BCUT2D eigenvalue weighted by Gasteiger charge is -2.15. The molecule has 1 amide bonds. The molecule has 2 aromatic rings. The van der Waals surface area contributed by atoms with E-state index in [1.54, 1.807) is 12.3 Å². The Kier molecular flexibility index (Phi) is 6.36. The molecule has 1 aromatic heterocycles. The van der Waals surface area contributed by atoms with Crippen LogP contribution in [0.3, 0.4) is 0 Å². The quantitative estimate of drug-likeness (QED) is 0.778. The van der Waals surface area contributed by atoms with E-state index in [9.17, 15) is 4.79 Å². The van der Waals surface area contributed by atoms with Gasteiger partial charge in [-0.2, -0.15) is 0 Å². The van der Waals surface area contributed by atoms with Crippen molar-refractivity contribution >= 4 is 17.3 Å². The fraction of sp³-hybridized carbons (Fsp3) is 0.400. The van der Waals surface area contributed by atoms with Crippen LogP contribution in [0.15, 0.2) is 36.5 Å². The highest BCUT2D eigenvalue weighted by atomic mass is 16.1. The van der Waals surface area contributed by atoms with E-state index in [2.05, 4.69) is 55.4 Å². The molecule has 0 aliphatic heterocycles. The van der Waals surface area contributed by atoms with E-state index >= 15 is 0 Å². The van der Waals surface area contributed by atoms with Gasteiger partial charge in [-0.05, 0) is 49.4 Å². The lowest BCUT2D eigenvalue weighted by atomic mass is 10.0. The number of hydrogen-bond donors (Lipinski definition) is 2. The van der Waals surface area contributed by atoms with E-state index < -0.39 is 0 Å². The average molecular weight is 325 g/mol. The molecule has 1 aromatic carbocycles. The van der Waals surface area contributed by atoms with Gasteiger partial charge in [-0.3, -0.25) is 4.79 Å². The second-order valence-electron chi connectivity index (χ2n) is 6.00. The molecule has 0 radical (unpaired) electrons. The normalized spacial score (nSPS) is 11.8. The fourth-order valence-electron chi connectivity index (χ4n) is 2.58. The summed E-state index contributed by atoms with van der Waals surface area (Å²) in [4.78, 5) is 16.8. The first-order valence-corrected chi connectivity index (χ1v) is 8.73. The van der Waals surface area contributed by atoms with Crippen LogP contribution in [0, 0.1) is 0 Å². The molecule has 1 unspecified atom stereocenters. The molecule has 4 nitrogen and oxygen atoms in total. The van der Waals surface area contributed by atoms with Crippen LogP contribution in [0.1, 0.15) is 55.7 Å². The minimum atomic E-state index is -0.166. The van der Waals surface area contributed by atoms with Crippen molar-refractivity contribution in [3.63, 3.8) is 0 Å². The average Bonchev–Trinajstić information content (AvgIpc) is 2.62. The summed E-state index contributed by atoms with van der Waals surface area (Å²) < 4.78 is 0. The Morgan fingerprint density at radius 1 is 1.08 bits per heavy atom. The number of amides is 1.